The van der Waals surface area contributed by atoms with Gasteiger partial charge in [0.15, 0.2) is 0 Å². The largest absolute Gasteiger partial charge is 0.352 e. The molecule has 7 nitrogen and oxygen atoms in total. The Bertz CT molecular complexity index is 1270. The molecule has 1 aliphatic carbocycles. The third-order valence-electron chi connectivity index (χ3n) is 6.81. The molecule has 1 fully saturated rings. The summed E-state index contributed by atoms with van der Waals surface area (Å²) in [4.78, 5) is 28.5. The zero-order valence-corrected chi connectivity index (χ0v) is 25.8. The molecule has 0 saturated heterocycles. The molecule has 1 unspecified atom stereocenters. The molecular weight excluding hydrogens is 604 g/mol. The number of nitrogens with one attached hydrogen (secondary N) is 1. The molecule has 0 bridgehead atoms. The number of hydrogen-bond donors (Lipinski definition) is 1. The first-order chi connectivity index (χ1) is 18.4. The van der Waals surface area contributed by atoms with Crippen molar-refractivity contribution in [1.29, 1.82) is 0 Å². The Hall–Kier alpha value is -1.71. The van der Waals surface area contributed by atoms with E-state index in [1.54, 1.807) is 24.3 Å². The van der Waals surface area contributed by atoms with Crippen LogP contribution in [0.5, 0.6) is 0 Å². The molecule has 1 N–H and O–H groups in total. The Kier molecular flexibility index (Phi) is 11.6. The summed E-state index contributed by atoms with van der Waals surface area (Å²) in [6.07, 6.45) is 5.58. The summed E-state index contributed by atoms with van der Waals surface area (Å²) in [6, 6.07) is 9.00. The molecule has 1 atom stereocenters. The second kappa shape index (κ2) is 14.3. The standard InChI is InChI=1S/C27H33Cl4N3O4S/c1-3-24(27(36)32-19-8-4-5-9-19)33(17-20-21(29)10-6-11-22(20)30)26(35)12-7-15-34(39(2,37)38)25-16-18(28)13-14-23(25)31/h6,10-11,13-14,16,19,24H,3-5,7-9,12,15,17H2,1-2H3,(H,32,36). The number of carbonyl (C=O) groups is 2. The maximum absolute atomic E-state index is 13.6. The predicted octanol–water partition coefficient (Wildman–Crippen LogP) is 6.71. The number of amides is 2. The van der Waals surface area contributed by atoms with E-state index in [4.69, 9.17) is 46.4 Å². The van der Waals surface area contributed by atoms with Gasteiger partial charge in [-0.15, -0.1) is 0 Å². The monoisotopic (exact) mass is 635 g/mol. The molecule has 12 heteroatoms. The molecule has 214 valence electrons. The minimum atomic E-state index is -3.72. The van der Waals surface area contributed by atoms with Crippen molar-refractivity contribution in [2.75, 3.05) is 17.1 Å². The van der Waals surface area contributed by atoms with Crippen molar-refractivity contribution in [3.05, 3.63) is 62.1 Å². The number of benzene rings is 2. The quantitative estimate of drug-likeness (QED) is 0.280. The number of anilines is 1. The van der Waals surface area contributed by atoms with Gasteiger partial charge in [-0.3, -0.25) is 13.9 Å². The van der Waals surface area contributed by atoms with Gasteiger partial charge in [-0.1, -0.05) is 72.2 Å². The summed E-state index contributed by atoms with van der Waals surface area (Å²) < 4.78 is 26.3. The number of rotatable bonds is 12. The van der Waals surface area contributed by atoms with Crippen LogP contribution in [0, 0.1) is 0 Å². The number of hydrogen-bond acceptors (Lipinski definition) is 4. The Balaban J connectivity index is 1.82. The molecule has 3 rings (SSSR count). The van der Waals surface area contributed by atoms with Crippen LogP contribution in [-0.4, -0.2) is 50.0 Å². The molecule has 0 spiro atoms. The van der Waals surface area contributed by atoms with Crippen LogP contribution in [0.2, 0.25) is 20.1 Å². The van der Waals surface area contributed by atoms with Crippen LogP contribution in [0.3, 0.4) is 0 Å². The van der Waals surface area contributed by atoms with Gasteiger partial charge < -0.3 is 10.2 Å². The van der Waals surface area contributed by atoms with Crippen molar-refractivity contribution in [2.45, 2.75) is 70.5 Å². The van der Waals surface area contributed by atoms with Crippen molar-refractivity contribution in [2.24, 2.45) is 0 Å². The zero-order chi connectivity index (χ0) is 28.7. The van der Waals surface area contributed by atoms with Gasteiger partial charge in [0.05, 0.1) is 17.0 Å². The van der Waals surface area contributed by atoms with Gasteiger partial charge in [-0.25, -0.2) is 8.42 Å². The fraction of sp³-hybridized carbons (Fsp3) is 0.481. The number of halogens is 4. The van der Waals surface area contributed by atoms with Crippen LogP contribution in [0.25, 0.3) is 0 Å². The van der Waals surface area contributed by atoms with Crippen LogP contribution in [0.15, 0.2) is 36.4 Å². The lowest BCUT2D eigenvalue weighted by Gasteiger charge is -2.32. The average Bonchev–Trinajstić information content (AvgIpc) is 3.37. The Morgan fingerprint density at radius 2 is 1.67 bits per heavy atom. The van der Waals surface area contributed by atoms with Gasteiger partial charge in [0.1, 0.15) is 6.04 Å². The highest BCUT2D eigenvalue weighted by Gasteiger charge is 2.31. The first-order valence-electron chi connectivity index (χ1n) is 12.9. The highest BCUT2D eigenvalue weighted by Crippen LogP contribution is 2.31. The van der Waals surface area contributed by atoms with Crippen LogP contribution < -0.4 is 9.62 Å². The van der Waals surface area contributed by atoms with Crippen molar-refractivity contribution in [1.82, 2.24) is 10.2 Å². The minimum absolute atomic E-state index is 0.00358. The van der Waals surface area contributed by atoms with E-state index >= 15 is 0 Å². The average molecular weight is 637 g/mol. The maximum atomic E-state index is 13.6. The molecule has 0 heterocycles. The van der Waals surface area contributed by atoms with E-state index in [0.29, 0.717) is 27.1 Å². The highest BCUT2D eigenvalue weighted by molar-refractivity contribution is 7.92. The normalized spacial score (nSPS) is 14.7. The van der Waals surface area contributed by atoms with E-state index in [9.17, 15) is 18.0 Å². The second-order valence-electron chi connectivity index (χ2n) is 9.67. The molecule has 2 aromatic rings. The number of nitrogens with zero attached hydrogens (tertiary/aromatic N) is 2. The summed E-state index contributed by atoms with van der Waals surface area (Å²) in [6.45, 7) is 1.89. The van der Waals surface area contributed by atoms with Gasteiger partial charge in [0.25, 0.3) is 0 Å². The van der Waals surface area contributed by atoms with Gasteiger partial charge in [0, 0.05) is 46.2 Å². The van der Waals surface area contributed by atoms with Crippen LogP contribution in [-0.2, 0) is 26.2 Å². The first kappa shape index (κ1) is 31.8. The topological polar surface area (TPSA) is 86.8 Å². The van der Waals surface area contributed by atoms with Crippen molar-refractivity contribution in [3.8, 4) is 0 Å². The summed E-state index contributed by atoms with van der Waals surface area (Å²) in [5.74, 6) is -0.533. The zero-order valence-electron chi connectivity index (χ0n) is 21.9. The van der Waals surface area contributed by atoms with Crippen LogP contribution in [0.4, 0.5) is 5.69 Å². The fourth-order valence-corrected chi connectivity index (χ4v) is 6.72. The molecule has 1 aliphatic rings. The number of carbonyl (C=O) groups excluding carboxylic acids is 2. The van der Waals surface area contributed by atoms with Gasteiger partial charge in [0.2, 0.25) is 21.8 Å². The molecule has 0 aliphatic heterocycles. The number of sulfonamides is 1. The Morgan fingerprint density at radius 1 is 1.03 bits per heavy atom. The maximum Gasteiger partial charge on any atom is 0.243 e. The van der Waals surface area contributed by atoms with E-state index in [1.165, 1.54) is 17.0 Å². The summed E-state index contributed by atoms with van der Waals surface area (Å²) in [5.41, 5.74) is 0.783. The van der Waals surface area contributed by atoms with Crippen molar-refractivity contribution >= 4 is 73.9 Å². The molecule has 2 amide bonds. The van der Waals surface area contributed by atoms with Gasteiger partial charge in [-0.05, 0) is 56.0 Å². The molecular formula is C27H33Cl4N3O4S. The lowest BCUT2D eigenvalue weighted by Crippen LogP contribution is -2.51. The predicted molar refractivity (Wildman–Crippen MR) is 159 cm³/mol. The SMILES string of the molecule is CCC(C(=O)NC1CCCC1)N(Cc1c(Cl)cccc1Cl)C(=O)CCCN(c1cc(Cl)ccc1Cl)S(C)(=O)=O. The third kappa shape index (κ3) is 8.64. The summed E-state index contributed by atoms with van der Waals surface area (Å²) in [7, 11) is -3.72. The molecule has 1 saturated carbocycles. The Labute approximate surface area is 250 Å². The van der Waals surface area contributed by atoms with Gasteiger partial charge >= 0.3 is 0 Å². The van der Waals surface area contributed by atoms with E-state index in [1.807, 2.05) is 6.92 Å². The fourth-order valence-electron chi connectivity index (χ4n) is 4.80. The lowest BCUT2D eigenvalue weighted by atomic mass is 10.1. The highest BCUT2D eigenvalue weighted by atomic mass is 35.5. The van der Waals surface area contributed by atoms with E-state index < -0.39 is 16.1 Å². The smallest absolute Gasteiger partial charge is 0.243 e. The molecule has 0 aromatic heterocycles. The van der Waals surface area contributed by atoms with E-state index in [2.05, 4.69) is 5.32 Å². The van der Waals surface area contributed by atoms with Crippen LogP contribution >= 0.6 is 46.4 Å². The molecule has 0 radical (unpaired) electrons. The minimum Gasteiger partial charge on any atom is -0.352 e. The molecule has 2 aromatic carbocycles. The van der Waals surface area contributed by atoms with Gasteiger partial charge in [-0.2, -0.15) is 0 Å². The summed E-state index contributed by atoms with van der Waals surface area (Å²) in [5, 5.41) is 4.44. The van der Waals surface area contributed by atoms with E-state index in [-0.39, 0.29) is 54.5 Å². The van der Waals surface area contributed by atoms with E-state index in [0.717, 1.165) is 36.2 Å². The van der Waals surface area contributed by atoms with Crippen molar-refractivity contribution in [3.63, 3.8) is 0 Å². The second-order valence-corrected chi connectivity index (χ2v) is 13.2. The lowest BCUT2D eigenvalue weighted by molar-refractivity contribution is -0.141. The van der Waals surface area contributed by atoms with Crippen LogP contribution in [0.1, 0.15) is 57.4 Å². The Morgan fingerprint density at radius 3 is 2.26 bits per heavy atom. The molecule has 39 heavy (non-hydrogen) atoms. The third-order valence-corrected chi connectivity index (χ3v) is 9.25. The first-order valence-corrected chi connectivity index (χ1v) is 16.2. The van der Waals surface area contributed by atoms with Crippen molar-refractivity contribution < 1.29 is 18.0 Å². The summed E-state index contributed by atoms with van der Waals surface area (Å²) >= 11 is 25.2.